The van der Waals surface area contributed by atoms with Crippen molar-refractivity contribution in [3.05, 3.63) is 36.2 Å². The fraction of sp³-hybridized carbons (Fsp3) is 0.316. The molecule has 180 valence electrons. The van der Waals surface area contributed by atoms with E-state index in [9.17, 15) is 30.4 Å². The van der Waals surface area contributed by atoms with E-state index in [1.54, 1.807) is 7.05 Å². The van der Waals surface area contributed by atoms with Gasteiger partial charge in [0.2, 0.25) is 0 Å². The van der Waals surface area contributed by atoms with Crippen molar-refractivity contribution in [2.24, 2.45) is 7.05 Å². The summed E-state index contributed by atoms with van der Waals surface area (Å²) in [5.74, 6) is -0.0664. The summed E-state index contributed by atoms with van der Waals surface area (Å²) < 4.78 is 93.7. The van der Waals surface area contributed by atoms with Crippen molar-refractivity contribution in [3.8, 4) is 34.2 Å². The van der Waals surface area contributed by atoms with Crippen molar-refractivity contribution in [2.75, 3.05) is 5.75 Å². The van der Waals surface area contributed by atoms with Crippen molar-refractivity contribution < 1.29 is 30.4 Å². The van der Waals surface area contributed by atoms with Gasteiger partial charge in [-0.05, 0) is 28.6 Å². The number of hydrogen-bond donors (Lipinski definition) is 0. The van der Waals surface area contributed by atoms with Gasteiger partial charge in [-0.3, -0.25) is 4.98 Å². The van der Waals surface area contributed by atoms with E-state index in [2.05, 4.69) is 25.5 Å². The summed E-state index contributed by atoms with van der Waals surface area (Å²) in [5, 5.41) is 11.0. The molecule has 0 saturated heterocycles. The molecule has 4 heterocycles. The molecule has 0 aromatic carbocycles. The van der Waals surface area contributed by atoms with Gasteiger partial charge in [0, 0.05) is 25.0 Å². The van der Waals surface area contributed by atoms with Crippen LogP contribution in [0.3, 0.4) is 0 Å². The molecule has 2 aliphatic rings. The van der Waals surface area contributed by atoms with Crippen LogP contribution < -0.4 is 0 Å². The Labute approximate surface area is 189 Å². The lowest BCUT2D eigenvalue weighted by Crippen LogP contribution is -2.14. The smallest absolute Gasteiger partial charge is 0.340 e. The number of aromatic nitrogens is 7. The molecule has 0 aliphatic carbocycles. The maximum absolute atomic E-state index is 13.3. The summed E-state index contributed by atoms with van der Waals surface area (Å²) in [4.78, 5) is 8.05. The minimum atomic E-state index is -4.79. The summed E-state index contributed by atoms with van der Waals surface area (Å²) in [6.45, 7) is 0.411. The highest BCUT2D eigenvalue weighted by Crippen LogP contribution is 2.37. The Morgan fingerprint density at radius 2 is 1.85 bits per heavy atom. The average molecular weight is 501 g/mol. The molecule has 2 aromatic rings. The Kier molecular flexibility index (Phi) is 5.83. The Morgan fingerprint density at radius 3 is 2.44 bits per heavy atom. The Hall–Kier alpha value is -3.49. The number of tetrazole rings is 1. The Bertz CT molecular complexity index is 1430. The Balaban J connectivity index is 1.95. The van der Waals surface area contributed by atoms with E-state index in [-0.39, 0.29) is 44.8 Å². The second-order valence-corrected chi connectivity index (χ2v) is 9.53. The molecule has 0 radical (unpaired) electrons. The number of hydrogen-bond acceptors (Lipinski definition) is 7. The van der Waals surface area contributed by atoms with Gasteiger partial charge in [0.15, 0.2) is 15.7 Å². The summed E-state index contributed by atoms with van der Waals surface area (Å²) in [7, 11) is -2.34. The zero-order valence-electron chi connectivity index (χ0n) is 17.6. The average Bonchev–Trinajstić information content (AvgIpc) is 3.38. The molecule has 2 aromatic heterocycles. The number of halogens is 5. The molecule has 0 unspecified atom stereocenters. The van der Waals surface area contributed by atoms with Gasteiger partial charge < -0.3 is 4.57 Å². The number of pyridine rings is 2. The molecule has 0 saturated carbocycles. The topological polar surface area (TPSA) is 108 Å². The zero-order chi connectivity index (χ0) is 24.8. The van der Waals surface area contributed by atoms with Crippen LogP contribution in [0.15, 0.2) is 35.5 Å². The van der Waals surface area contributed by atoms with E-state index in [0.717, 1.165) is 4.57 Å². The van der Waals surface area contributed by atoms with E-state index < -0.39 is 34.5 Å². The summed E-state index contributed by atoms with van der Waals surface area (Å²) in [6, 6.07) is 3.24. The van der Waals surface area contributed by atoms with Gasteiger partial charge in [0.05, 0.1) is 39.8 Å². The molecule has 0 amide bonds. The molecular formula is C19H16F5N7O2S. The lowest BCUT2D eigenvalue weighted by molar-refractivity contribution is -0.138. The molecule has 0 spiro atoms. The molecule has 0 fully saturated rings. The van der Waals surface area contributed by atoms with Gasteiger partial charge in [0.25, 0.3) is 6.43 Å². The molecule has 0 N–H and O–H groups in total. The lowest BCUT2D eigenvalue weighted by Gasteiger charge is -2.15. The van der Waals surface area contributed by atoms with E-state index in [4.69, 9.17) is 0 Å². The number of fused-ring (bicyclic) bond motifs is 1. The van der Waals surface area contributed by atoms with Crippen LogP contribution in [0.2, 0.25) is 0 Å². The van der Waals surface area contributed by atoms with Gasteiger partial charge >= 0.3 is 6.18 Å². The van der Waals surface area contributed by atoms with Crippen LogP contribution in [-0.2, 0) is 29.6 Å². The van der Waals surface area contributed by atoms with Gasteiger partial charge in [-0.25, -0.2) is 26.9 Å². The van der Waals surface area contributed by atoms with E-state index in [1.165, 1.54) is 29.9 Å². The molecule has 0 bridgehead atoms. The number of nitrogens with zero attached hydrogens (tertiary/aromatic N) is 7. The molecule has 0 atom stereocenters. The largest absolute Gasteiger partial charge is 0.417 e. The minimum Gasteiger partial charge on any atom is -0.340 e. The third-order valence-electron chi connectivity index (χ3n) is 5.02. The van der Waals surface area contributed by atoms with Crippen LogP contribution in [0.1, 0.15) is 12.5 Å². The van der Waals surface area contributed by atoms with Crippen molar-refractivity contribution in [1.29, 1.82) is 0 Å². The van der Waals surface area contributed by atoms with E-state index in [0.29, 0.717) is 12.3 Å². The zero-order valence-corrected chi connectivity index (χ0v) is 18.4. The highest BCUT2D eigenvalue weighted by molar-refractivity contribution is 7.91. The molecule has 15 heteroatoms. The monoisotopic (exact) mass is 501 g/mol. The lowest BCUT2D eigenvalue weighted by atomic mass is 10.1. The highest BCUT2D eigenvalue weighted by Gasteiger charge is 2.34. The maximum atomic E-state index is 13.3. The molecule has 4 rings (SSSR count). The normalized spacial score (nSPS) is 12.7. The first-order valence-corrected chi connectivity index (χ1v) is 11.4. The van der Waals surface area contributed by atoms with Crippen molar-refractivity contribution in [3.63, 3.8) is 0 Å². The summed E-state index contributed by atoms with van der Waals surface area (Å²) >= 11 is 0. The number of alkyl halides is 5. The first kappa shape index (κ1) is 23.7. The highest BCUT2D eigenvalue weighted by atomic mass is 32.2. The predicted octanol–water partition coefficient (Wildman–Crippen LogP) is 3.32. The fourth-order valence-electron chi connectivity index (χ4n) is 3.38. The Morgan fingerprint density at radius 1 is 1.12 bits per heavy atom. The van der Waals surface area contributed by atoms with Gasteiger partial charge in [-0.1, -0.05) is 6.92 Å². The first-order chi connectivity index (χ1) is 15.9. The molecular weight excluding hydrogens is 485 g/mol. The third-order valence-corrected chi connectivity index (χ3v) is 6.77. The second kappa shape index (κ2) is 8.38. The predicted molar refractivity (Wildman–Crippen MR) is 109 cm³/mol. The maximum Gasteiger partial charge on any atom is 0.417 e. The van der Waals surface area contributed by atoms with Crippen LogP contribution in [0.25, 0.3) is 34.2 Å². The van der Waals surface area contributed by atoms with Crippen LogP contribution in [0, 0.1) is 0 Å². The van der Waals surface area contributed by atoms with E-state index >= 15 is 0 Å². The van der Waals surface area contributed by atoms with Crippen LogP contribution in [-0.4, -0.2) is 55.3 Å². The second-order valence-electron chi connectivity index (χ2n) is 7.28. The summed E-state index contributed by atoms with van der Waals surface area (Å²) in [6.07, 6.45) is -5.86. The SMILES string of the molecule is CCS(=O)(=O)c1cc(-c2nnnn2C)cnc1-c1cc2n(CC(F)F)cc(C(F)(F)F)cc-2n1. The van der Waals surface area contributed by atoms with Gasteiger partial charge in [-0.2, -0.15) is 13.2 Å². The van der Waals surface area contributed by atoms with E-state index in [1.807, 2.05) is 0 Å². The van der Waals surface area contributed by atoms with Crippen molar-refractivity contribution in [2.45, 2.75) is 31.0 Å². The number of rotatable bonds is 6. The summed E-state index contributed by atoms with van der Waals surface area (Å²) in [5.41, 5.74) is -1.34. The number of aryl methyl sites for hydroxylation is 1. The van der Waals surface area contributed by atoms with Crippen molar-refractivity contribution in [1.82, 2.24) is 34.7 Å². The third kappa shape index (κ3) is 4.34. The van der Waals surface area contributed by atoms with Crippen LogP contribution in [0.5, 0.6) is 0 Å². The molecule has 2 aliphatic heterocycles. The van der Waals surface area contributed by atoms with Gasteiger partial charge in [-0.15, -0.1) is 5.10 Å². The molecule has 9 nitrogen and oxygen atoms in total. The minimum absolute atomic E-state index is 0.0217. The fourth-order valence-corrected chi connectivity index (χ4v) is 4.45. The van der Waals surface area contributed by atoms with Crippen molar-refractivity contribution >= 4 is 9.84 Å². The standard InChI is InChI=1S/C19H16F5N7O2S/c1-3-34(32,33)15-4-10(18-27-28-29-30(18)2)7-25-17(15)13-6-14-12(26-13)5-11(19(22,23)24)8-31(14)9-16(20)21/h4-8,16H,3,9H2,1-2H3. The quantitative estimate of drug-likeness (QED) is 0.373. The molecule has 34 heavy (non-hydrogen) atoms. The van der Waals surface area contributed by atoms with Crippen LogP contribution >= 0.6 is 0 Å². The number of sulfone groups is 1. The van der Waals surface area contributed by atoms with Crippen LogP contribution in [0.4, 0.5) is 22.0 Å². The first-order valence-electron chi connectivity index (χ1n) is 9.73. The van der Waals surface area contributed by atoms with Gasteiger partial charge in [0.1, 0.15) is 5.69 Å².